The topological polar surface area (TPSA) is 52.3 Å². The van der Waals surface area contributed by atoms with E-state index in [1.807, 2.05) is 13.0 Å². The first-order chi connectivity index (χ1) is 13.6. The fourth-order valence-corrected chi connectivity index (χ4v) is 4.46. The van der Waals surface area contributed by atoms with E-state index >= 15 is 0 Å². The molecule has 2 aromatic rings. The molecular weight excluding hydrogens is 346 g/mol. The van der Waals surface area contributed by atoms with Crippen molar-refractivity contribution in [1.29, 1.82) is 0 Å². The molecule has 3 nitrogen and oxygen atoms in total. The monoisotopic (exact) mass is 379 g/mol. The average Bonchev–Trinajstić information content (AvgIpc) is 2.76. The summed E-state index contributed by atoms with van der Waals surface area (Å²) in [4.78, 5) is 12.3. The Morgan fingerprint density at radius 3 is 2.29 bits per heavy atom. The molecule has 150 valence electrons. The molecule has 1 heterocycles. The van der Waals surface area contributed by atoms with Gasteiger partial charge in [-0.25, -0.2) is 0 Å². The van der Waals surface area contributed by atoms with Crippen molar-refractivity contribution in [2.45, 2.75) is 64.0 Å². The zero-order chi connectivity index (χ0) is 19.8. The molecule has 4 atom stereocenters. The van der Waals surface area contributed by atoms with Crippen LogP contribution in [0.15, 0.2) is 60.7 Å². The van der Waals surface area contributed by atoms with E-state index in [1.54, 1.807) is 0 Å². The Morgan fingerprint density at radius 1 is 0.964 bits per heavy atom. The minimum absolute atomic E-state index is 0.112. The lowest BCUT2D eigenvalue weighted by molar-refractivity contribution is -0.153. The molecule has 0 bridgehead atoms. The highest BCUT2D eigenvalue weighted by molar-refractivity contribution is 5.75. The second-order valence-electron chi connectivity index (χ2n) is 8.17. The largest absolute Gasteiger partial charge is 0.461 e. The first-order valence-electron chi connectivity index (χ1n) is 10.7. The molecular formula is C25H33NO2. The molecule has 3 heteroatoms. The van der Waals surface area contributed by atoms with Gasteiger partial charge in [0.1, 0.15) is 12.1 Å². The van der Waals surface area contributed by atoms with Crippen molar-refractivity contribution >= 4 is 5.97 Å². The van der Waals surface area contributed by atoms with Gasteiger partial charge in [-0.2, -0.15) is 0 Å². The van der Waals surface area contributed by atoms with Crippen LogP contribution in [0, 0.1) is 11.8 Å². The van der Waals surface area contributed by atoms with Gasteiger partial charge in [0.15, 0.2) is 0 Å². The Balaban J connectivity index is 1.71. The fourth-order valence-electron chi connectivity index (χ4n) is 4.46. The highest BCUT2D eigenvalue weighted by Crippen LogP contribution is 2.33. The molecule has 0 spiro atoms. The summed E-state index contributed by atoms with van der Waals surface area (Å²) in [7, 11) is 0. The van der Waals surface area contributed by atoms with E-state index in [-0.39, 0.29) is 12.1 Å². The van der Waals surface area contributed by atoms with Crippen LogP contribution in [0.2, 0.25) is 0 Å². The Morgan fingerprint density at radius 2 is 1.61 bits per heavy atom. The van der Waals surface area contributed by atoms with Gasteiger partial charge in [0.2, 0.25) is 0 Å². The van der Waals surface area contributed by atoms with E-state index in [0.717, 1.165) is 44.9 Å². The number of benzene rings is 2. The lowest BCUT2D eigenvalue weighted by Crippen LogP contribution is -2.37. The maximum Gasteiger partial charge on any atom is 0.323 e. The highest BCUT2D eigenvalue weighted by Gasteiger charge is 2.32. The molecule has 1 aliphatic rings. The number of carbonyl (C=O) groups excluding carboxylic acids is 1. The van der Waals surface area contributed by atoms with Crippen molar-refractivity contribution in [3.05, 3.63) is 71.8 Å². The number of ether oxygens (including phenoxy) is 1. The molecule has 28 heavy (non-hydrogen) atoms. The van der Waals surface area contributed by atoms with Crippen LogP contribution in [-0.2, 0) is 22.4 Å². The molecule has 0 amide bonds. The van der Waals surface area contributed by atoms with Gasteiger partial charge in [0, 0.05) is 5.92 Å². The number of hydrogen-bond donors (Lipinski definition) is 1. The zero-order valence-corrected chi connectivity index (χ0v) is 16.9. The van der Waals surface area contributed by atoms with Gasteiger partial charge >= 0.3 is 5.97 Å². The van der Waals surface area contributed by atoms with Crippen LogP contribution in [-0.4, -0.2) is 18.1 Å². The third kappa shape index (κ3) is 5.93. The summed E-state index contributed by atoms with van der Waals surface area (Å²) in [6.07, 6.45) is 7.07. The van der Waals surface area contributed by atoms with Crippen LogP contribution in [0.5, 0.6) is 0 Å². The second kappa shape index (κ2) is 10.4. The normalized spacial score (nSPS) is 26.0. The van der Waals surface area contributed by atoms with Gasteiger partial charge in [0.25, 0.3) is 0 Å². The van der Waals surface area contributed by atoms with Crippen molar-refractivity contribution in [1.82, 2.24) is 0 Å². The average molecular weight is 380 g/mol. The maximum atomic E-state index is 12.3. The second-order valence-corrected chi connectivity index (χ2v) is 8.17. The lowest BCUT2D eigenvalue weighted by Gasteiger charge is -2.31. The van der Waals surface area contributed by atoms with Crippen molar-refractivity contribution in [3.63, 3.8) is 0 Å². The zero-order valence-electron chi connectivity index (χ0n) is 16.9. The van der Waals surface area contributed by atoms with E-state index < -0.39 is 6.04 Å². The molecule has 0 radical (unpaired) electrons. The highest BCUT2D eigenvalue weighted by atomic mass is 16.5. The third-order valence-corrected chi connectivity index (χ3v) is 6.10. The molecule has 0 aliphatic carbocycles. The quantitative estimate of drug-likeness (QED) is 0.724. The van der Waals surface area contributed by atoms with E-state index in [0.29, 0.717) is 11.8 Å². The van der Waals surface area contributed by atoms with Crippen LogP contribution in [0.25, 0.3) is 0 Å². The molecule has 2 aromatic carbocycles. The summed E-state index contributed by atoms with van der Waals surface area (Å²) in [5, 5.41) is 0. The number of esters is 1. The fraction of sp³-hybridized carbons (Fsp3) is 0.480. The van der Waals surface area contributed by atoms with E-state index in [4.69, 9.17) is 10.5 Å². The molecule has 0 saturated carbocycles. The van der Waals surface area contributed by atoms with Gasteiger partial charge in [0.05, 0.1) is 0 Å². The van der Waals surface area contributed by atoms with Crippen molar-refractivity contribution in [2.75, 3.05) is 0 Å². The van der Waals surface area contributed by atoms with E-state index in [9.17, 15) is 4.79 Å². The van der Waals surface area contributed by atoms with Crippen LogP contribution < -0.4 is 5.73 Å². The Labute approximate surface area is 169 Å². The molecule has 1 fully saturated rings. The predicted octanol–water partition coefficient (Wildman–Crippen LogP) is 4.93. The maximum absolute atomic E-state index is 12.3. The van der Waals surface area contributed by atoms with Crippen LogP contribution in [0.3, 0.4) is 0 Å². The summed E-state index contributed by atoms with van der Waals surface area (Å²) in [6.45, 7) is 2.05. The van der Waals surface area contributed by atoms with Crippen LogP contribution in [0.4, 0.5) is 0 Å². The molecule has 1 aliphatic heterocycles. The number of aryl methyl sites for hydroxylation is 1. The van der Waals surface area contributed by atoms with Gasteiger partial charge in [-0.1, -0.05) is 67.1 Å². The van der Waals surface area contributed by atoms with Crippen molar-refractivity contribution in [3.8, 4) is 0 Å². The Bertz CT molecular complexity index is 716. The minimum atomic E-state index is -0.483. The standard InChI is InChI=1S/C25H33NO2/c1-19-23(18-21-12-6-3-7-13-21)22(16-9-17-24(26)25(27)28-19)15-8-14-20-10-4-2-5-11-20/h2-7,10-13,19,22-24H,8-9,14-18,26H2,1H3/t19-,22-,23-,24-/m0/s1. The molecule has 1 saturated heterocycles. The summed E-state index contributed by atoms with van der Waals surface area (Å²) in [6, 6.07) is 20.8. The smallest absolute Gasteiger partial charge is 0.323 e. The Hall–Kier alpha value is -2.13. The van der Waals surface area contributed by atoms with Crippen molar-refractivity contribution in [2.24, 2.45) is 17.6 Å². The molecule has 0 unspecified atom stereocenters. The number of nitrogens with two attached hydrogens (primary N) is 1. The van der Waals surface area contributed by atoms with E-state index in [2.05, 4.69) is 54.6 Å². The molecule has 0 aromatic heterocycles. The van der Waals surface area contributed by atoms with Crippen molar-refractivity contribution < 1.29 is 9.53 Å². The van der Waals surface area contributed by atoms with Crippen LogP contribution in [0.1, 0.15) is 50.2 Å². The van der Waals surface area contributed by atoms with Gasteiger partial charge in [-0.3, -0.25) is 4.79 Å². The summed E-state index contributed by atoms with van der Waals surface area (Å²) in [5.74, 6) is 0.625. The van der Waals surface area contributed by atoms with E-state index in [1.165, 1.54) is 11.1 Å². The number of carbonyl (C=O) groups is 1. The summed E-state index contributed by atoms with van der Waals surface area (Å²) < 4.78 is 5.80. The van der Waals surface area contributed by atoms with Gasteiger partial charge in [-0.05, 0) is 62.5 Å². The predicted molar refractivity (Wildman–Crippen MR) is 114 cm³/mol. The number of hydrogen-bond acceptors (Lipinski definition) is 3. The minimum Gasteiger partial charge on any atom is -0.461 e. The lowest BCUT2D eigenvalue weighted by atomic mass is 9.77. The number of rotatable bonds is 6. The van der Waals surface area contributed by atoms with Gasteiger partial charge in [-0.15, -0.1) is 0 Å². The summed E-state index contributed by atoms with van der Waals surface area (Å²) in [5.41, 5.74) is 8.73. The Kier molecular flexibility index (Phi) is 7.67. The number of cyclic esters (lactones) is 1. The third-order valence-electron chi connectivity index (χ3n) is 6.10. The molecule has 3 rings (SSSR count). The first-order valence-corrected chi connectivity index (χ1v) is 10.7. The summed E-state index contributed by atoms with van der Waals surface area (Å²) >= 11 is 0. The van der Waals surface area contributed by atoms with Gasteiger partial charge < -0.3 is 10.5 Å². The molecule has 2 N–H and O–H groups in total. The first kappa shape index (κ1) is 20.6. The SMILES string of the molecule is C[C@@H]1OC(=O)[C@@H](N)CCC[C@H](CCCc2ccccc2)[C@H]1Cc1ccccc1. The van der Waals surface area contributed by atoms with Crippen LogP contribution >= 0.6 is 0 Å².